The van der Waals surface area contributed by atoms with Gasteiger partial charge >= 0.3 is 0 Å². The Balaban J connectivity index is 1.77. The molecular formula is C17H30N4O2. The lowest BCUT2D eigenvalue weighted by atomic mass is 10.0. The van der Waals surface area contributed by atoms with Crippen LogP contribution in [0.2, 0.25) is 0 Å². The average molecular weight is 322 g/mol. The largest absolute Gasteiger partial charge is 0.393 e. The van der Waals surface area contributed by atoms with Gasteiger partial charge in [0, 0.05) is 32.7 Å². The Morgan fingerprint density at radius 3 is 2.35 bits per heavy atom. The number of piperazine rings is 1. The van der Waals surface area contributed by atoms with Gasteiger partial charge in [0.25, 0.3) is 0 Å². The van der Waals surface area contributed by atoms with E-state index in [0.717, 1.165) is 32.6 Å². The number of aliphatic hydroxyl groups excluding tert-OH is 1. The molecule has 3 unspecified atom stereocenters. The van der Waals surface area contributed by atoms with Crippen molar-refractivity contribution in [2.75, 3.05) is 45.8 Å². The number of carbonyl (C=O) groups is 1. The maximum atomic E-state index is 12.4. The fourth-order valence-electron chi connectivity index (χ4n) is 3.59. The molecule has 2 heterocycles. The minimum Gasteiger partial charge on any atom is -0.393 e. The molecule has 1 amide bonds. The molecule has 0 aromatic heterocycles. The van der Waals surface area contributed by atoms with Gasteiger partial charge < -0.3 is 10.0 Å². The Morgan fingerprint density at radius 1 is 1.22 bits per heavy atom. The average Bonchev–Trinajstić information content (AvgIpc) is 2.97. The number of hydrogen-bond donors (Lipinski definition) is 1. The zero-order valence-corrected chi connectivity index (χ0v) is 14.6. The predicted molar refractivity (Wildman–Crippen MR) is 88.6 cm³/mol. The number of nitrogens with zero attached hydrogens (tertiary/aromatic N) is 4. The Morgan fingerprint density at radius 2 is 1.87 bits per heavy atom. The molecule has 2 aliphatic heterocycles. The first kappa shape index (κ1) is 18.2. The number of rotatable bonds is 5. The summed E-state index contributed by atoms with van der Waals surface area (Å²) in [6, 6.07) is 2.32. The summed E-state index contributed by atoms with van der Waals surface area (Å²) in [6.45, 7) is 11.1. The van der Waals surface area contributed by atoms with Crippen LogP contribution in [0.5, 0.6) is 0 Å². The predicted octanol–water partition coefficient (Wildman–Crippen LogP) is 0.381. The van der Waals surface area contributed by atoms with Gasteiger partial charge in [0.1, 0.15) is 6.04 Å². The van der Waals surface area contributed by atoms with Gasteiger partial charge in [-0.1, -0.05) is 13.8 Å². The van der Waals surface area contributed by atoms with Crippen molar-refractivity contribution in [1.82, 2.24) is 14.7 Å². The third-order valence-electron chi connectivity index (χ3n) is 5.17. The third-order valence-corrected chi connectivity index (χ3v) is 5.17. The molecule has 0 radical (unpaired) electrons. The van der Waals surface area contributed by atoms with Gasteiger partial charge in [0.2, 0.25) is 5.91 Å². The van der Waals surface area contributed by atoms with E-state index in [0.29, 0.717) is 31.5 Å². The van der Waals surface area contributed by atoms with Gasteiger partial charge in [-0.25, -0.2) is 0 Å². The van der Waals surface area contributed by atoms with Gasteiger partial charge in [0.15, 0.2) is 0 Å². The van der Waals surface area contributed by atoms with E-state index in [1.807, 2.05) is 11.8 Å². The van der Waals surface area contributed by atoms with Crippen LogP contribution < -0.4 is 0 Å². The maximum absolute atomic E-state index is 12.4. The molecule has 0 bridgehead atoms. The van der Waals surface area contributed by atoms with Crippen LogP contribution in [0.25, 0.3) is 0 Å². The van der Waals surface area contributed by atoms with Crippen molar-refractivity contribution in [2.24, 2.45) is 11.8 Å². The van der Waals surface area contributed by atoms with E-state index in [1.165, 1.54) is 0 Å². The van der Waals surface area contributed by atoms with E-state index in [4.69, 9.17) is 0 Å². The van der Waals surface area contributed by atoms with Crippen molar-refractivity contribution >= 4 is 5.91 Å². The van der Waals surface area contributed by atoms with Crippen LogP contribution in [0.15, 0.2) is 0 Å². The molecule has 2 aliphatic rings. The van der Waals surface area contributed by atoms with Crippen molar-refractivity contribution in [3.8, 4) is 6.07 Å². The first-order valence-electron chi connectivity index (χ1n) is 8.74. The second kappa shape index (κ2) is 8.09. The van der Waals surface area contributed by atoms with Crippen molar-refractivity contribution in [3.63, 3.8) is 0 Å². The molecule has 2 saturated heterocycles. The van der Waals surface area contributed by atoms with E-state index in [9.17, 15) is 15.2 Å². The number of amides is 1. The Hall–Kier alpha value is -1.16. The molecule has 6 nitrogen and oxygen atoms in total. The second-order valence-corrected chi connectivity index (χ2v) is 7.26. The number of hydrogen-bond acceptors (Lipinski definition) is 5. The third kappa shape index (κ3) is 4.66. The summed E-state index contributed by atoms with van der Waals surface area (Å²) in [7, 11) is 0. The van der Waals surface area contributed by atoms with Crippen LogP contribution >= 0.6 is 0 Å². The molecule has 0 aromatic carbocycles. The molecule has 0 aliphatic carbocycles. The van der Waals surface area contributed by atoms with Crippen LogP contribution in [0.1, 0.15) is 27.2 Å². The molecule has 0 aromatic rings. The van der Waals surface area contributed by atoms with Crippen molar-refractivity contribution in [1.29, 1.82) is 5.26 Å². The Labute approximate surface area is 139 Å². The monoisotopic (exact) mass is 322 g/mol. The quantitative estimate of drug-likeness (QED) is 0.792. The maximum Gasteiger partial charge on any atom is 0.236 e. The summed E-state index contributed by atoms with van der Waals surface area (Å²) < 4.78 is 0. The normalized spacial score (nSPS) is 26.3. The Kier molecular flexibility index (Phi) is 6.40. The molecule has 3 atom stereocenters. The van der Waals surface area contributed by atoms with Gasteiger partial charge in [-0.3, -0.25) is 14.6 Å². The van der Waals surface area contributed by atoms with E-state index < -0.39 is 0 Å². The highest BCUT2D eigenvalue weighted by Gasteiger charge is 2.31. The fraction of sp³-hybridized carbons (Fsp3) is 0.882. The highest BCUT2D eigenvalue weighted by atomic mass is 16.3. The van der Waals surface area contributed by atoms with Gasteiger partial charge in [-0.15, -0.1) is 0 Å². The smallest absolute Gasteiger partial charge is 0.236 e. The fourth-order valence-corrected chi connectivity index (χ4v) is 3.59. The highest BCUT2D eigenvalue weighted by Crippen LogP contribution is 2.20. The van der Waals surface area contributed by atoms with Crippen molar-refractivity contribution < 1.29 is 9.90 Å². The van der Waals surface area contributed by atoms with E-state index in [1.54, 1.807) is 0 Å². The summed E-state index contributed by atoms with van der Waals surface area (Å²) in [5.41, 5.74) is 0. The van der Waals surface area contributed by atoms with Crippen LogP contribution in [-0.4, -0.2) is 83.7 Å². The van der Waals surface area contributed by atoms with Crippen LogP contribution in [0.3, 0.4) is 0 Å². The number of nitriles is 1. The van der Waals surface area contributed by atoms with Crippen LogP contribution in [-0.2, 0) is 4.79 Å². The Bertz CT molecular complexity index is 438. The van der Waals surface area contributed by atoms with Crippen molar-refractivity contribution in [3.05, 3.63) is 0 Å². The molecule has 0 spiro atoms. The second-order valence-electron chi connectivity index (χ2n) is 7.26. The first-order chi connectivity index (χ1) is 10.9. The standard InChI is InChI=1S/C17H30N4O2/c1-13(2)16(10-18)20-6-8-21(9-7-20)17(23)12-19-5-4-15(11-19)14(3)22/h13-16,22H,4-9,11-12H2,1-3H3. The zero-order chi connectivity index (χ0) is 17.0. The molecule has 1 N–H and O–H groups in total. The van der Waals surface area contributed by atoms with Gasteiger partial charge in [-0.05, 0) is 31.7 Å². The molecule has 2 rings (SSSR count). The first-order valence-corrected chi connectivity index (χ1v) is 8.74. The number of carbonyl (C=O) groups excluding carboxylic acids is 1. The summed E-state index contributed by atoms with van der Waals surface area (Å²) in [4.78, 5) is 18.7. The number of likely N-dealkylation sites (tertiary alicyclic amines) is 1. The zero-order valence-electron chi connectivity index (χ0n) is 14.6. The molecule has 0 saturated carbocycles. The lowest BCUT2D eigenvalue weighted by Gasteiger charge is -2.38. The molecular weight excluding hydrogens is 292 g/mol. The van der Waals surface area contributed by atoms with Crippen LogP contribution in [0, 0.1) is 23.2 Å². The van der Waals surface area contributed by atoms with Gasteiger partial charge in [0.05, 0.1) is 18.7 Å². The minimum absolute atomic E-state index is 0.0577. The van der Waals surface area contributed by atoms with Gasteiger partial charge in [-0.2, -0.15) is 5.26 Å². The van der Waals surface area contributed by atoms with E-state index >= 15 is 0 Å². The van der Waals surface area contributed by atoms with Crippen LogP contribution in [0.4, 0.5) is 0 Å². The SMILES string of the molecule is CC(C)C(C#N)N1CCN(C(=O)CN2CCC(C(C)O)C2)CC1. The molecule has 2 fully saturated rings. The highest BCUT2D eigenvalue weighted by molar-refractivity contribution is 5.78. The molecule has 130 valence electrons. The van der Waals surface area contributed by atoms with E-state index in [2.05, 4.69) is 29.7 Å². The lowest BCUT2D eigenvalue weighted by Crippen LogP contribution is -2.54. The lowest BCUT2D eigenvalue weighted by molar-refractivity contribution is -0.134. The summed E-state index contributed by atoms with van der Waals surface area (Å²) in [6.07, 6.45) is 0.675. The number of aliphatic hydroxyl groups is 1. The van der Waals surface area contributed by atoms with E-state index in [-0.39, 0.29) is 18.1 Å². The molecule has 23 heavy (non-hydrogen) atoms. The van der Waals surface area contributed by atoms with Crippen molar-refractivity contribution in [2.45, 2.75) is 39.3 Å². The topological polar surface area (TPSA) is 70.8 Å². The summed E-state index contributed by atoms with van der Waals surface area (Å²) in [5.74, 6) is 0.778. The summed E-state index contributed by atoms with van der Waals surface area (Å²) >= 11 is 0. The summed E-state index contributed by atoms with van der Waals surface area (Å²) in [5, 5.41) is 18.9. The minimum atomic E-state index is -0.294. The molecule has 6 heteroatoms.